The first-order valence-corrected chi connectivity index (χ1v) is 31.0. The van der Waals surface area contributed by atoms with Crippen LogP contribution in [0, 0.1) is 19.3 Å². The summed E-state index contributed by atoms with van der Waals surface area (Å²) >= 11 is 8.09. The average Bonchev–Trinajstić information content (AvgIpc) is 4.21. The van der Waals surface area contributed by atoms with E-state index in [0.717, 1.165) is 45.7 Å². The number of benzene rings is 3. The molecule has 6 N–H and O–H groups in total. The van der Waals surface area contributed by atoms with Crippen LogP contribution >= 0.6 is 22.9 Å². The fourth-order valence-corrected chi connectivity index (χ4v) is 12.3. The Morgan fingerprint density at radius 2 is 1.57 bits per heavy atom. The Labute approximate surface area is 491 Å². The van der Waals surface area contributed by atoms with Crippen LogP contribution in [0.3, 0.4) is 0 Å². The second kappa shape index (κ2) is 28.1. The van der Waals surface area contributed by atoms with Crippen LogP contribution in [0.15, 0.2) is 77.3 Å². The number of nitrogens with zero attached hydrogens (tertiary/aromatic N) is 5. The molecule has 4 heterocycles. The number of nitrogens with one attached hydrogen (secondary N) is 5. The first-order chi connectivity index (χ1) is 38.9. The van der Waals surface area contributed by atoms with Crippen molar-refractivity contribution in [2.24, 2.45) is 5.41 Å². The van der Waals surface area contributed by atoms with Crippen molar-refractivity contribution in [2.75, 3.05) is 36.8 Å². The van der Waals surface area contributed by atoms with E-state index in [1.165, 1.54) is 11.1 Å². The molecule has 2 aromatic heterocycles. The lowest BCUT2D eigenvalue weighted by Gasteiger charge is -2.35. The number of β-amino-alcohol motifs (C(OH)–C–C–N with tert-alkyl or cyclic N) is 1. The molecule has 0 spiro atoms. The minimum atomic E-state index is -3.61. The fraction of sp³-hybridized carbons (Fsp3) is 0.500. The first kappa shape index (κ1) is 62.9. The number of rotatable bonds is 24. The van der Waals surface area contributed by atoms with Crippen molar-refractivity contribution in [3.8, 4) is 16.2 Å². The Morgan fingerprint density at radius 1 is 0.866 bits per heavy atom. The maximum atomic E-state index is 14.1. The molecule has 82 heavy (non-hydrogen) atoms. The number of aliphatic hydroxyl groups is 1. The number of thiazole rings is 1. The summed E-state index contributed by atoms with van der Waals surface area (Å²) in [5, 5.41) is 25.3. The number of carbonyl (C=O) groups is 5. The second-order valence-corrected chi connectivity index (χ2v) is 26.6. The standard InChI is InChI=1S/C60H79ClN10O9S2/c1-36(2)80-49-31-44(38(5)29-47(49)67-59-64-33-45(61)56(69-59)66-46-15-10-11-16-50(46)82(78,79)37(3)4)41-24-27-70(28-25-41)53(75)19-14-18-51(73)62-26-13-12-17-52(74)68-55(60(7,8)9)58(77)71-34-43(72)30-48(71)57(76)63-32-40-20-22-42(23-21-40)54-39(6)65-35-81-54/h10-11,15-16,20-23,29,31,33,35-37,41,43,48,55,72H,12-14,17-19,24-28,30,32,34H2,1-9H3,(H,62,73)(H,63,76)(H,68,74)(H2,64,66,67,69)/t43-,48+,55?/m1/s1. The number of anilines is 4. The Morgan fingerprint density at radius 3 is 2.24 bits per heavy atom. The van der Waals surface area contributed by atoms with Crippen LogP contribution in [0.25, 0.3) is 10.4 Å². The minimum absolute atomic E-state index is 0.00575. The van der Waals surface area contributed by atoms with Gasteiger partial charge in [0, 0.05) is 58.4 Å². The van der Waals surface area contributed by atoms with Crippen LogP contribution in [0.5, 0.6) is 5.75 Å². The number of likely N-dealkylation sites (tertiary alicyclic amines) is 2. The number of halogens is 1. The number of aliphatic hydroxyl groups excluding tert-OH is 1. The molecule has 1 unspecified atom stereocenters. The lowest BCUT2D eigenvalue weighted by atomic mass is 9.85. The van der Waals surface area contributed by atoms with Gasteiger partial charge in [-0.3, -0.25) is 24.0 Å². The van der Waals surface area contributed by atoms with Gasteiger partial charge in [-0.1, -0.05) is 68.8 Å². The number of amides is 5. The molecule has 3 aromatic carbocycles. The van der Waals surface area contributed by atoms with Crippen LogP contribution < -0.4 is 31.3 Å². The molecule has 7 rings (SSSR count). The molecule has 22 heteroatoms. The van der Waals surface area contributed by atoms with E-state index in [1.807, 2.05) is 89.8 Å². The SMILES string of the molecule is Cc1cc(Nc2ncc(Cl)c(Nc3ccccc3S(=O)(=O)C(C)C)n2)c(OC(C)C)cc1C1CCN(C(=O)CCCC(=O)NCCCCC(=O)NC(C(=O)N2C[C@H](O)C[C@H]2C(=O)NCc2ccc(-c3scnc3C)cc2)C(C)(C)C)CC1. The van der Waals surface area contributed by atoms with Gasteiger partial charge in [0.25, 0.3) is 0 Å². The summed E-state index contributed by atoms with van der Waals surface area (Å²) in [6.45, 7) is 18.4. The molecule has 0 bridgehead atoms. The van der Waals surface area contributed by atoms with Gasteiger partial charge in [0.15, 0.2) is 15.7 Å². The van der Waals surface area contributed by atoms with Crippen LogP contribution in [-0.2, 0) is 40.4 Å². The van der Waals surface area contributed by atoms with Gasteiger partial charge in [0.05, 0.1) is 56.0 Å². The van der Waals surface area contributed by atoms with E-state index in [2.05, 4.69) is 41.5 Å². The average molecular weight is 1180 g/mol. The molecule has 3 atom stereocenters. The van der Waals surface area contributed by atoms with E-state index in [1.54, 1.807) is 55.0 Å². The number of unbranched alkanes of at least 4 members (excludes halogenated alkanes) is 1. The summed E-state index contributed by atoms with van der Waals surface area (Å²) in [7, 11) is -3.61. The Balaban J connectivity index is 0.818. The van der Waals surface area contributed by atoms with Crippen molar-refractivity contribution in [3.05, 3.63) is 99.8 Å². The molecular weight excluding hydrogens is 1100 g/mol. The van der Waals surface area contributed by atoms with Gasteiger partial charge >= 0.3 is 0 Å². The highest BCUT2D eigenvalue weighted by molar-refractivity contribution is 7.92. The van der Waals surface area contributed by atoms with Crippen molar-refractivity contribution in [1.82, 2.24) is 40.7 Å². The zero-order chi connectivity index (χ0) is 59.5. The number of aromatic nitrogens is 3. The summed E-state index contributed by atoms with van der Waals surface area (Å²) in [6, 6.07) is 16.6. The molecule has 19 nitrogen and oxygen atoms in total. The Kier molecular flexibility index (Phi) is 21.5. The van der Waals surface area contributed by atoms with Crippen molar-refractivity contribution >= 4 is 85.5 Å². The molecule has 2 aliphatic heterocycles. The highest BCUT2D eigenvalue weighted by Gasteiger charge is 2.44. The van der Waals surface area contributed by atoms with Gasteiger partial charge in [0.1, 0.15) is 22.9 Å². The van der Waals surface area contributed by atoms with E-state index in [-0.39, 0.29) is 96.1 Å². The number of carbonyl (C=O) groups excluding carboxylic acids is 5. The third-order valence-electron chi connectivity index (χ3n) is 14.7. The number of ether oxygens (including phenoxy) is 1. The molecule has 442 valence electrons. The topological polar surface area (TPSA) is 254 Å². The summed E-state index contributed by atoms with van der Waals surface area (Å²) in [4.78, 5) is 84.8. The fourth-order valence-electron chi connectivity index (χ4n) is 10.2. The van der Waals surface area contributed by atoms with Gasteiger partial charge < -0.3 is 46.2 Å². The van der Waals surface area contributed by atoms with Crippen molar-refractivity contribution in [3.63, 3.8) is 0 Å². The molecule has 2 aliphatic rings. The van der Waals surface area contributed by atoms with Crippen molar-refractivity contribution in [1.29, 1.82) is 0 Å². The van der Waals surface area contributed by atoms with Gasteiger partial charge in [-0.15, -0.1) is 11.3 Å². The molecular formula is C60H79ClN10O9S2. The van der Waals surface area contributed by atoms with Crippen LogP contribution in [0.1, 0.15) is 135 Å². The number of hydrogen-bond acceptors (Lipinski definition) is 15. The van der Waals surface area contributed by atoms with Crippen LogP contribution in [-0.4, -0.2) is 124 Å². The summed E-state index contributed by atoms with van der Waals surface area (Å²) in [6.07, 6.45) is 3.95. The predicted octanol–water partition coefficient (Wildman–Crippen LogP) is 9.30. The third kappa shape index (κ3) is 16.5. The molecule has 2 saturated heterocycles. The zero-order valence-electron chi connectivity index (χ0n) is 48.4. The van der Waals surface area contributed by atoms with Gasteiger partial charge in [-0.05, 0) is 131 Å². The monoisotopic (exact) mass is 1180 g/mol. The summed E-state index contributed by atoms with van der Waals surface area (Å²) < 4.78 is 32.6. The molecule has 0 saturated carbocycles. The summed E-state index contributed by atoms with van der Waals surface area (Å²) in [5.74, 6) is -0.0804. The summed E-state index contributed by atoms with van der Waals surface area (Å²) in [5.41, 5.74) is 7.11. The largest absolute Gasteiger partial charge is 0.489 e. The number of piperidine rings is 1. The lowest BCUT2D eigenvalue weighted by molar-refractivity contribution is -0.144. The normalized spacial score (nSPS) is 16.3. The highest BCUT2D eigenvalue weighted by Crippen LogP contribution is 2.39. The zero-order valence-corrected chi connectivity index (χ0v) is 50.8. The number of para-hydroxylation sites is 1. The first-order valence-electron chi connectivity index (χ1n) is 28.2. The van der Waals surface area contributed by atoms with E-state index < -0.39 is 44.6 Å². The predicted molar refractivity (Wildman–Crippen MR) is 320 cm³/mol. The van der Waals surface area contributed by atoms with Gasteiger partial charge in [0.2, 0.25) is 35.5 Å². The molecule has 5 amide bonds. The Hall–Kier alpha value is -6.68. The molecule has 5 aromatic rings. The van der Waals surface area contributed by atoms with E-state index >= 15 is 0 Å². The van der Waals surface area contributed by atoms with Crippen LogP contribution in [0.4, 0.5) is 23.1 Å². The quantitative estimate of drug-likeness (QED) is 0.0315. The molecule has 2 fully saturated rings. The van der Waals surface area contributed by atoms with Gasteiger partial charge in [-0.25, -0.2) is 18.4 Å². The Bertz CT molecular complexity index is 3180. The van der Waals surface area contributed by atoms with Crippen molar-refractivity contribution in [2.45, 2.75) is 167 Å². The maximum absolute atomic E-state index is 14.1. The lowest BCUT2D eigenvalue weighted by Crippen LogP contribution is -2.57. The highest BCUT2D eigenvalue weighted by atomic mass is 35.5. The minimum Gasteiger partial charge on any atom is -0.489 e. The third-order valence-corrected chi connectivity index (χ3v) is 18.2. The maximum Gasteiger partial charge on any atom is 0.246 e. The molecule has 0 aliphatic carbocycles. The molecule has 0 radical (unpaired) electrons. The van der Waals surface area contributed by atoms with Crippen molar-refractivity contribution < 1.29 is 42.2 Å². The number of aryl methyl sites for hydroxylation is 2. The van der Waals surface area contributed by atoms with Crippen LogP contribution in [0.2, 0.25) is 5.02 Å². The number of hydrogen-bond donors (Lipinski definition) is 6. The van der Waals surface area contributed by atoms with Gasteiger partial charge in [-0.2, -0.15) is 4.98 Å². The number of sulfone groups is 1. The van der Waals surface area contributed by atoms with E-state index in [9.17, 15) is 37.5 Å². The second-order valence-electron chi connectivity index (χ2n) is 22.9. The van der Waals surface area contributed by atoms with E-state index in [4.69, 9.17) is 16.3 Å². The smallest absolute Gasteiger partial charge is 0.246 e. The van der Waals surface area contributed by atoms with E-state index in [0.29, 0.717) is 56.0 Å².